The van der Waals surface area contributed by atoms with Crippen LogP contribution in [0, 0.1) is 5.92 Å². The summed E-state index contributed by atoms with van der Waals surface area (Å²) in [4.78, 5) is 43.5. The fraction of sp³-hybridized carbons (Fsp3) is 0.500. The van der Waals surface area contributed by atoms with Gasteiger partial charge in [0.2, 0.25) is 5.91 Å². The van der Waals surface area contributed by atoms with Gasteiger partial charge in [0.15, 0.2) is 5.78 Å². The minimum atomic E-state index is -4.76. The Morgan fingerprint density at radius 3 is 2.47 bits per heavy atom. The summed E-state index contributed by atoms with van der Waals surface area (Å²) in [6, 6.07) is 3.30. The standard InChI is InChI=1S/C14H12Cl2N4O2.C8H13F3N2O/c15-10-3-9-12(4-11(10)16)18-7-19-14(9)17-5-13(22)20-2-1-8(21)6-20;9-8(10,11)7(14)13-5-6-1-3-12-4-2-6/h3-4,7H,1-2,5-6H2,(H,17,18,19);6,12H,1-5H2,(H,13,14). The molecule has 3 N–H and O–H groups in total. The quantitative estimate of drug-likeness (QED) is 0.526. The largest absolute Gasteiger partial charge is 0.471 e. The Morgan fingerprint density at radius 1 is 1.14 bits per heavy atom. The van der Waals surface area contributed by atoms with E-state index in [4.69, 9.17) is 23.2 Å². The molecular weight excluding hydrogens is 524 g/mol. The zero-order valence-electron chi connectivity index (χ0n) is 19.1. The van der Waals surface area contributed by atoms with Gasteiger partial charge in [0, 0.05) is 24.9 Å². The molecule has 2 amide bonds. The second-order valence-corrected chi connectivity index (χ2v) is 9.18. The van der Waals surface area contributed by atoms with Crippen LogP contribution in [0.1, 0.15) is 19.3 Å². The Labute approximate surface area is 215 Å². The van der Waals surface area contributed by atoms with E-state index in [1.165, 1.54) is 11.2 Å². The number of amides is 2. The predicted octanol–water partition coefficient (Wildman–Crippen LogP) is 2.81. The molecule has 4 rings (SSSR count). The summed E-state index contributed by atoms with van der Waals surface area (Å²) in [6.07, 6.45) is -1.31. The van der Waals surface area contributed by atoms with E-state index in [1.807, 2.05) is 5.32 Å². The molecule has 2 saturated heterocycles. The first-order chi connectivity index (χ1) is 17.0. The first kappa shape index (κ1) is 27.9. The van der Waals surface area contributed by atoms with Crippen LogP contribution in [0.25, 0.3) is 10.9 Å². The summed E-state index contributed by atoms with van der Waals surface area (Å²) in [5.74, 6) is -1.22. The average molecular weight is 549 g/mol. The molecule has 0 saturated carbocycles. The number of carbonyl (C=O) groups is 3. The fourth-order valence-electron chi connectivity index (χ4n) is 3.73. The maximum Gasteiger partial charge on any atom is 0.471 e. The number of hydrogen-bond donors (Lipinski definition) is 3. The number of piperidine rings is 1. The van der Waals surface area contributed by atoms with Crippen LogP contribution in [-0.4, -0.2) is 77.9 Å². The third kappa shape index (κ3) is 7.90. The number of likely N-dealkylation sites (tertiary alicyclic amines) is 1. The molecular formula is C22H25Cl2F3N6O3. The van der Waals surface area contributed by atoms with E-state index in [0.29, 0.717) is 39.7 Å². The van der Waals surface area contributed by atoms with E-state index >= 15 is 0 Å². The molecule has 0 spiro atoms. The second-order valence-electron chi connectivity index (χ2n) is 8.36. The lowest BCUT2D eigenvalue weighted by Gasteiger charge is -2.22. The van der Waals surface area contributed by atoms with Crippen molar-refractivity contribution in [1.82, 2.24) is 25.5 Å². The molecule has 1 aromatic heterocycles. The Bertz CT molecular complexity index is 1110. The molecule has 0 aliphatic carbocycles. The lowest BCUT2D eigenvalue weighted by Crippen LogP contribution is -2.41. The highest BCUT2D eigenvalue weighted by Crippen LogP contribution is 2.29. The van der Waals surface area contributed by atoms with Crippen molar-refractivity contribution in [2.75, 3.05) is 44.6 Å². The number of anilines is 1. The molecule has 0 radical (unpaired) electrons. The highest BCUT2D eigenvalue weighted by molar-refractivity contribution is 6.42. The van der Waals surface area contributed by atoms with Gasteiger partial charge in [-0.2, -0.15) is 13.2 Å². The average Bonchev–Trinajstić information content (AvgIpc) is 3.28. The number of nitrogens with one attached hydrogen (secondary N) is 3. The van der Waals surface area contributed by atoms with E-state index < -0.39 is 12.1 Å². The van der Waals surface area contributed by atoms with Gasteiger partial charge in [-0.05, 0) is 44.0 Å². The normalized spacial score (nSPS) is 16.5. The fourth-order valence-corrected chi connectivity index (χ4v) is 4.05. The zero-order chi connectivity index (χ0) is 26.3. The maximum absolute atomic E-state index is 12.0. The van der Waals surface area contributed by atoms with Crippen LogP contribution in [0.5, 0.6) is 0 Å². The van der Waals surface area contributed by atoms with Crippen molar-refractivity contribution in [3.05, 3.63) is 28.5 Å². The number of nitrogens with zero attached hydrogens (tertiary/aromatic N) is 3. The minimum absolute atomic E-state index is 0.0552. The van der Waals surface area contributed by atoms with Crippen molar-refractivity contribution in [1.29, 1.82) is 0 Å². The first-order valence-corrected chi connectivity index (χ1v) is 12.0. The molecule has 2 fully saturated rings. The molecule has 0 atom stereocenters. The van der Waals surface area contributed by atoms with Gasteiger partial charge in [0.1, 0.15) is 12.1 Å². The topological polar surface area (TPSA) is 116 Å². The molecule has 36 heavy (non-hydrogen) atoms. The molecule has 2 aliphatic rings. The van der Waals surface area contributed by atoms with Crippen LogP contribution >= 0.6 is 23.2 Å². The van der Waals surface area contributed by atoms with Crippen LogP contribution in [0.2, 0.25) is 10.0 Å². The molecule has 3 heterocycles. The van der Waals surface area contributed by atoms with Crippen molar-refractivity contribution in [2.45, 2.75) is 25.4 Å². The Morgan fingerprint density at radius 2 is 1.83 bits per heavy atom. The third-order valence-electron chi connectivity index (χ3n) is 5.73. The SMILES string of the molecule is O=C(NCC1CCNCC1)C(F)(F)F.O=C1CCN(C(=O)CNc2ncnc3cc(Cl)c(Cl)cc23)C1. The molecule has 2 aromatic rings. The van der Waals surface area contributed by atoms with E-state index in [0.717, 1.165) is 25.9 Å². The van der Waals surface area contributed by atoms with E-state index in [9.17, 15) is 27.6 Å². The smallest absolute Gasteiger partial charge is 0.360 e. The van der Waals surface area contributed by atoms with Crippen molar-refractivity contribution in [3.8, 4) is 0 Å². The van der Waals surface area contributed by atoms with Gasteiger partial charge in [0.25, 0.3) is 0 Å². The summed E-state index contributed by atoms with van der Waals surface area (Å²) < 4.78 is 35.3. The summed E-state index contributed by atoms with van der Waals surface area (Å²) in [7, 11) is 0. The number of ketones is 1. The summed E-state index contributed by atoms with van der Waals surface area (Å²) >= 11 is 12.0. The minimum Gasteiger partial charge on any atom is -0.360 e. The number of halogens is 5. The Kier molecular flexibility index (Phi) is 9.69. The molecule has 0 unspecified atom stereocenters. The van der Waals surface area contributed by atoms with Gasteiger partial charge in [-0.25, -0.2) is 9.97 Å². The van der Waals surface area contributed by atoms with E-state index in [1.54, 1.807) is 12.1 Å². The lowest BCUT2D eigenvalue weighted by atomic mass is 9.98. The zero-order valence-corrected chi connectivity index (χ0v) is 20.6. The van der Waals surface area contributed by atoms with Gasteiger partial charge >= 0.3 is 12.1 Å². The van der Waals surface area contributed by atoms with E-state index in [-0.39, 0.29) is 37.2 Å². The second kappa shape index (κ2) is 12.5. The molecule has 9 nitrogen and oxygen atoms in total. The monoisotopic (exact) mass is 548 g/mol. The van der Waals surface area contributed by atoms with Gasteiger partial charge in [-0.3, -0.25) is 14.4 Å². The lowest BCUT2D eigenvalue weighted by molar-refractivity contribution is -0.173. The van der Waals surface area contributed by atoms with Crippen LogP contribution in [0.3, 0.4) is 0 Å². The molecule has 2 aliphatic heterocycles. The van der Waals surface area contributed by atoms with Crippen molar-refractivity contribution < 1.29 is 27.6 Å². The predicted molar refractivity (Wildman–Crippen MR) is 129 cm³/mol. The van der Waals surface area contributed by atoms with Crippen molar-refractivity contribution in [2.24, 2.45) is 5.92 Å². The molecule has 0 bridgehead atoms. The third-order valence-corrected chi connectivity index (χ3v) is 6.45. The maximum atomic E-state index is 12.0. The Hall–Kier alpha value is -2.70. The van der Waals surface area contributed by atoms with E-state index in [2.05, 4.69) is 20.6 Å². The number of alkyl halides is 3. The highest BCUT2D eigenvalue weighted by Gasteiger charge is 2.38. The number of carbonyl (C=O) groups excluding carboxylic acids is 3. The van der Waals surface area contributed by atoms with Gasteiger partial charge in [0.05, 0.1) is 28.7 Å². The molecule has 14 heteroatoms. The van der Waals surface area contributed by atoms with Crippen LogP contribution < -0.4 is 16.0 Å². The van der Waals surface area contributed by atoms with Crippen molar-refractivity contribution >= 4 is 57.5 Å². The highest BCUT2D eigenvalue weighted by atomic mass is 35.5. The number of rotatable bonds is 5. The van der Waals surface area contributed by atoms with Gasteiger partial charge in [-0.15, -0.1) is 0 Å². The van der Waals surface area contributed by atoms with Gasteiger partial charge in [-0.1, -0.05) is 23.2 Å². The molecule has 1 aromatic carbocycles. The Balaban J connectivity index is 0.000000223. The summed E-state index contributed by atoms with van der Waals surface area (Å²) in [5.41, 5.74) is 0.635. The number of Topliss-reactive ketones (excluding diaryl/α,β-unsaturated/α-hetero) is 1. The number of hydrogen-bond acceptors (Lipinski definition) is 7. The van der Waals surface area contributed by atoms with Crippen LogP contribution in [-0.2, 0) is 14.4 Å². The number of fused-ring (bicyclic) bond motifs is 1. The summed E-state index contributed by atoms with van der Waals surface area (Å²) in [5, 5.41) is 9.45. The van der Waals surface area contributed by atoms with Gasteiger partial charge < -0.3 is 20.9 Å². The first-order valence-electron chi connectivity index (χ1n) is 11.2. The van der Waals surface area contributed by atoms with Crippen LogP contribution in [0.4, 0.5) is 19.0 Å². The van der Waals surface area contributed by atoms with Crippen molar-refractivity contribution in [3.63, 3.8) is 0 Å². The summed E-state index contributed by atoms with van der Waals surface area (Å²) in [6.45, 7) is 2.47. The number of benzene rings is 1. The number of aromatic nitrogens is 2. The molecule has 196 valence electrons. The van der Waals surface area contributed by atoms with Crippen LogP contribution in [0.15, 0.2) is 18.5 Å².